The molecule has 0 N–H and O–H groups in total. The number of rotatable bonds is 4. The molecule has 5 nitrogen and oxygen atoms in total. The van der Waals surface area contributed by atoms with Crippen LogP contribution in [0.2, 0.25) is 0 Å². The van der Waals surface area contributed by atoms with E-state index in [1.54, 1.807) is 6.07 Å². The van der Waals surface area contributed by atoms with Gasteiger partial charge in [0, 0.05) is 0 Å². The van der Waals surface area contributed by atoms with Gasteiger partial charge in [-0.25, -0.2) is 0 Å². The molecule has 92 valence electrons. The van der Waals surface area contributed by atoms with Gasteiger partial charge in [0.05, 0.1) is 27.1 Å². The minimum atomic E-state index is -0.431. The summed E-state index contributed by atoms with van der Waals surface area (Å²) in [4.78, 5) is 22.1. The molecule has 0 spiro atoms. The monoisotopic (exact) mass is 260 g/mol. The van der Waals surface area contributed by atoms with Crippen LogP contribution in [-0.4, -0.2) is 26.2 Å². The zero-order chi connectivity index (χ0) is 12.8. The van der Waals surface area contributed by atoms with Crippen LogP contribution in [0.15, 0.2) is 18.2 Å². The Morgan fingerprint density at radius 2 is 1.39 bits per heavy atom. The number of benzene rings is 1. The molecule has 0 heterocycles. The average Bonchev–Trinajstić information content (AvgIpc) is 2.27. The second-order valence-corrected chi connectivity index (χ2v) is 3.49. The van der Waals surface area contributed by atoms with E-state index < -0.39 is 11.9 Å². The Morgan fingerprint density at radius 3 is 1.72 bits per heavy atom. The normalized spacial score (nSPS) is 9.22. The van der Waals surface area contributed by atoms with E-state index in [-0.39, 0.29) is 48.1 Å². The molecule has 0 radical (unpaired) electrons. The molecule has 0 aliphatic heterocycles. The van der Waals surface area contributed by atoms with Crippen LogP contribution in [0.4, 0.5) is 0 Å². The predicted molar refractivity (Wildman–Crippen MR) is 57.3 cm³/mol. The van der Waals surface area contributed by atoms with Crippen molar-refractivity contribution in [3.8, 4) is 5.75 Å². The summed E-state index contributed by atoms with van der Waals surface area (Å²) in [5, 5.41) is 11.3. The van der Waals surface area contributed by atoms with E-state index in [1.165, 1.54) is 26.4 Å². The minimum absolute atomic E-state index is 0. The van der Waals surface area contributed by atoms with E-state index in [9.17, 15) is 14.7 Å². The minimum Gasteiger partial charge on any atom is -0.872 e. The molecule has 0 amide bonds. The van der Waals surface area contributed by atoms with Gasteiger partial charge in [0.2, 0.25) is 0 Å². The Morgan fingerprint density at radius 1 is 1.00 bits per heavy atom. The second-order valence-electron chi connectivity index (χ2n) is 3.49. The quantitative estimate of drug-likeness (QED) is 0.431. The molecule has 0 aliphatic rings. The van der Waals surface area contributed by atoms with E-state index in [2.05, 4.69) is 9.47 Å². The summed E-state index contributed by atoms with van der Waals surface area (Å²) in [7, 11) is 2.55. The number of esters is 2. The smallest absolute Gasteiger partial charge is 0.872 e. The van der Waals surface area contributed by atoms with Crippen LogP contribution in [0, 0.1) is 0 Å². The topological polar surface area (TPSA) is 75.7 Å². The van der Waals surface area contributed by atoms with Gasteiger partial charge in [-0.3, -0.25) is 9.59 Å². The maximum absolute atomic E-state index is 11.3. The van der Waals surface area contributed by atoms with Gasteiger partial charge in [0.25, 0.3) is 0 Å². The Balaban J connectivity index is 0.00000289. The van der Waals surface area contributed by atoms with Crippen molar-refractivity contribution in [1.29, 1.82) is 0 Å². The summed E-state index contributed by atoms with van der Waals surface area (Å²) in [5.74, 6) is -1.11. The number of ether oxygens (including phenoxy) is 2. The van der Waals surface area contributed by atoms with E-state index in [0.717, 1.165) is 0 Å². The van der Waals surface area contributed by atoms with Crippen LogP contribution in [0.1, 0.15) is 11.1 Å². The molecule has 1 aromatic carbocycles. The van der Waals surface area contributed by atoms with Crippen LogP contribution in [0.5, 0.6) is 5.75 Å². The van der Waals surface area contributed by atoms with Gasteiger partial charge in [-0.05, 0) is 11.1 Å². The molecule has 18 heavy (non-hydrogen) atoms. The standard InChI is InChI=1S/C12H14O5.Na/c1-16-11(14)6-8-3-9(5-10(13)4-8)7-12(15)17-2;/h3-5,13H,6-7H2,1-2H3;/q;+1/p-1. The molecule has 0 aliphatic carbocycles. The molecule has 0 unspecified atom stereocenters. The number of carbonyl (C=O) groups excluding carboxylic acids is 2. The fraction of sp³-hybridized carbons (Fsp3) is 0.333. The Kier molecular flexibility index (Phi) is 7.66. The summed E-state index contributed by atoms with van der Waals surface area (Å²) < 4.78 is 9.01. The molecule has 0 aromatic heterocycles. The van der Waals surface area contributed by atoms with Crippen molar-refractivity contribution in [3.63, 3.8) is 0 Å². The molecule has 1 rings (SSSR count). The molecule has 0 atom stereocenters. The fourth-order valence-corrected chi connectivity index (χ4v) is 1.41. The van der Waals surface area contributed by atoms with E-state index in [4.69, 9.17) is 0 Å². The van der Waals surface area contributed by atoms with Crippen LogP contribution < -0.4 is 34.7 Å². The molecule has 0 fully saturated rings. The zero-order valence-corrected chi connectivity index (χ0v) is 12.7. The fourth-order valence-electron chi connectivity index (χ4n) is 1.41. The summed E-state index contributed by atoms with van der Waals surface area (Å²) >= 11 is 0. The van der Waals surface area contributed by atoms with Crippen LogP contribution in [-0.2, 0) is 31.9 Å². The third-order valence-electron chi connectivity index (χ3n) is 2.18. The van der Waals surface area contributed by atoms with E-state index >= 15 is 0 Å². The molecule has 0 bridgehead atoms. The van der Waals surface area contributed by atoms with Crippen LogP contribution in [0.3, 0.4) is 0 Å². The largest absolute Gasteiger partial charge is 1.00 e. The third kappa shape index (κ3) is 5.53. The van der Waals surface area contributed by atoms with Crippen molar-refractivity contribution < 1.29 is 53.7 Å². The molecule has 0 saturated carbocycles. The maximum atomic E-state index is 11.3. The predicted octanol–water partition coefficient (Wildman–Crippen LogP) is -2.80. The Bertz CT molecular complexity index is 394. The zero-order valence-electron chi connectivity index (χ0n) is 10.7. The van der Waals surface area contributed by atoms with Gasteiger partial charge < -0.3 is 14.6 Å². The first-order valence-corrected chi connectivity index (χ1v) is 4.98. The van der Waals surface area contributed by atoms with Crippen LogP contribution in [0.25, 0.3) is 0 Å². The van der Waals surface area contributed by atoms with Gasteiger partial charge in [0.1, 0.15) is 0 Å². The number of hydrogen-bond acceptors (Lipinski definition) is 5. The molecular weight excluding hydrogens is 247 g/mol. The van der Waals surface area contributed by atoms with Gasteiger partial charge >= 0.3 is 41.5 Å². The number of methoxy groups -OCH3 is 2. The first-order valence-electron chi connectivity index (χ1n) is 4.98. The first kappa shape index (κ1) is 17.0. The summed E-state index contributed by atoms with van der Waals surface area (Å²) in [6.07, 6.45) is 0.0293. The van der Waals surface area contributed by atoms with Crippen molar-refractivity contribution >= 4 is 11.9 Å². The molecule has 1 aromatic rings. The third-order valence-corrected chi connectivity index (χ3v) is 2.18. The van der Waals surface area contributed by atoms with Gasteiger partial charge in [0.15, 0.2) is 0 Å². The van der Waals surface area contributed by atoms with Crippen molar-refractivity contribution in [2.45, 2.75) is 12.8 Å². The Labute approximate surface area is 127 Å². The Hall–Kier alpha value is -1.04. The number of carbonyl (C=O) groups is 2. The summed E-state index contributed by atoms with van der Waals surface area (Å²) in [6.45, 7) is 0. The van der Waals surface area contributed by atoms with Crippen molar-refractivity contribution in [2.75, 3.05) is 14.2 Å². The van der Waals surface area contributed by atoms with Gasteiger partial charge in [-0.15, -0.1) is 5.75 Å². The van der Waals surface area contributed by atoms with Crippen molar-refractivity contribution in [1.82, 2.24) is 0 Å². The maximum Gasteiger partial charge on any atom is 1.00 e. The van der Waals surface area contributed by atoms with Crippen LogP contribution >= 0.6 is 0 Å². The molecular formula is C12H13NaO5. The van der Waals surface area contributed by atoms with E-state index in [0.29, 0.717) is 11.1 Å². The number of hydrogen-bond donors (Lipinski definition) is 0. The first-order chi connectivity index (χ1) is 8.05. The average molecular weight is 260 g/mol. The summed E-state index contributed by atoms with van der Waals surface area (Å²) in [6, 6.07) is 4.31. The SMILES string of the molecule is COC(=O)Cc1cc([O-])cc(CC(=O)OC)c1.[Na+]. The van der Waals surface area contributed by atoms with E-state index in [1.807, 2.05) is 0 Å². The summed E-state index contributed by atoms with van der Waals surface area (Å²) in [5.41, 5.74) is 1.06. The second kappa shape index (κ2) is 8.13. The van der Waals surface area contributed by atoms with Gasteiger partial charge in [-0.2, -0.15) is 0 Å². The molecule has 0 saturated heterocycles. The molecule has 6 heteroatoms. The van der Waals surface area contributed by atoms with Crippen molar-refractivity contribution in [2.24, 2.45) is 0 Å². The van der Waals surface area contributed by atoms with Gasteiger partial charge in [-0.1, -0.05) is 18.2 Å². The van der Waals surface area contributed by atoms with Crippen molar-refractivity contribution in [3.05, 3.63) is 29.3 Å².